The SMILES string of the molecule is CCCC[C@H](NS(=O)(=O)c1ccccc1)C(=O)[O-]. The molecule has 18 heavy (non-hydrogen) atoms. The zero-order valence-corrected chi connectivity index (χ0v) is 10.9. The molecule has 0 bridgehead atoms. The Labute approximate surface area is 107 Å². The number of hydrogen-bond acceptors (Lipinski definition) is 4. The zero-order valence-electron chi connectivity index (χ0n) is 10.1. The largest absolute Gasteiger partial charge is 0.548 e. The van der Waals surface area contributed by atoms with Gasteiger partial charge in [0.15, 0.2) is 0 Å². The molecule has 6 heteroatoms. The Bertz CT molecular complexity index is 484. The Morgan fingerprint density at radius 2 is 1.94 bits per heavy atom. The van der Waals surface area contributed by atoms with Crippen molar-refractivity contribution in [1.82, 2.24) is 4.72 Å². The molecule has 1 N–H and O–H groups in total. The minimum Gasteiger partial charge on any atom is -0.548 e. The predicted molar refractivity (Wildman–Crippen MR) is 65.1 cm³/mol. The van der Waals surface area contributed by atoms with Crippen LogP contribution in [0.1, 0.15) is 26.2 Å². The Kier molecular flexibility index (Phi) is 5.30. The number of carbonyl (C=O) groups excluding carboxylic acids is 1. The smallest absolute Gasteiger partial charge is 0.241 e. The maximum Gasteiger partial charge on any atom is 0.241 e. The van der Waals surface area contributed by atoms with Crippen LogP contribution in [0.25, 0.3) is 0 Å². The Morgan fingerprint density at radius 3 is 2.44 bits per heavy atom. The number of carbonyl (C=O) groups is 1. The lowest BCUT2D eigenvalue weighted by atomic mass is 10.1. The van der Waals surface area contributed by atoms with Gasteiger partial charge in [-0.15, -0.1) is 0 Å². The van der Waals surface area contributed by atoms with E-state index in [9.17, 15) is 18.3 Å². The highest BCUT2D eigenvalue weighted by Crippen LogP contribution is 2.10. The summed E-state index contributed by atoms with van der Waals surface area (Å²) >= 11 is 0. The minimum atomic E-state index is -3.81. The van der Waals surface area contributed by atoms with Gasteiger partial charge in [-0.2, -0.15) is 0 Å². The molecule has 1 aromatic carbocycles. The molecule has 0 saturated heterocycles. The zero-order chi connectivity index (χ0) is 13.6. The molecular weight excluding hydrogens is 254 g/mol. The van der Waals surface area contributed by atoms with Crippen LogP contribution in [0.3, 0.4) is 0 Å². The highest BCUT2D eigenvalue weighted by Gasteiger charge is 2.20. The van der Waals surface area contributed by atoms with Gasteiger partial charge in [0.05, 0.1) is 16.9 Å². The summed E-state index contributed by atoms with van der Waals surface area (Å²) in [4.78, 5) is 10.9. The Hall–Kier alpha value is -1.40. The summed E-state index contributed by atoms with van der Waals surface area (Å²) in [5.41, 5.74) is 0. The van der Waals surface area contributed by atoms with Crippen molar-refractivity contribution in [2.75, 3.05) is 0 Å². The fourth-order valence-electron chi connectivity index (χ4n) is 1.49. The molecule has 0 aliphatic heterocycles. The second-order valence-corrected chi connectivity index (χ2v) is 5.66. The lowest BCUT2D eigenvalue weighted by Crippen LogP contribution is -2.47. The molecule has 0 radical (unpaired) electrons. The topological polar surface area (TPSA) is 86.3 Å². The molecule has 0 heterocycles. The average molecular weight is 270 g/mol. The number of hydrogen-bond donors (Lipinski definition) is 1. The van der Waals surface area contributed by atoms with Gasteiger partial charge in [0, 0.05) is 0 Å². The van der Waals surface area contributed by atoms with Crippen molar-refractivity contribution in [2.24, 2.45) is 0 Å². The highest BCUT2D eigenvalue weighted by atomic mass is 32.2. The minimum absolute atomic E-state index is 0.0488. The van der Waals surface area contributed by atoms with E-state index in [-0.39, 0.29) is 11.3 Å². The summed E-state index contributed by atoms with van der Waals surface area (Å²) in [7, 11) is -3.81. The first-order valence-electron chi connectivity index (χ1n) is 5.75. The summed E-state index contributed by atoms with van der Waals surface area (Å²) in [6.45, 7) is 1.90. The molecule has 100 valence electrons. The Morgan fingerprint density at radius 1 is 1.33 bits per heavy atom. The van der Waals surface area contributed by atoms with Crippen LogP contribution < -0.4 is 9.83 Å². The molecule has 1 aromatic rings. The van der Waals surface area contributed by atoms with E-state index in [1.54, 1.807) is 18.2 Å². The molecule has 0 spiro atoms. The number of sulfonamides is 1. The van der Waals surface area contributed by atoms with E-state index in [0.717, 1.165) is 6.42 Å². The summed E-state index contributed by atoms with van der Waals surface area (Å²) in [5.74, 6) is -1.40. The van der Waals surface area contributed by atoms with E-state index >= 15 is 0 Å². The third kappa shape index (κ3) is 4.12. The van der Waals surface area contributed by atoms with E-state index in [0.29, 0.717) is 6.42 Å². The van der Waals surface area contributed by atoms with Crippen molar-refractivity contribution in [3.8, 4) is 0 Å². The predicted octanol–water partition coefficient (Wildman–Crippen LogP) is 0.274. The first kappa shape index (κ1) is 14.7. The fourth-order valence-corrected chi connectivity index (χ4v) is 2.73. The van der Waals surface area contributed by atoms with Gasteiger partial charge in [0.25, 0.3) is 0 Å². The van der Waals surface area contributed by atoms with Crippen LogP contribution in [0, 0.1) is 0 Å². The van der Waals surface area contributed by atoms with Crippen molar-refractivity contribution in [1.29, 1.82) is 0 Å². The Balaban J connectivity index is 2.83. The number of carboxylic acids is 1. The first-order chi connectivity index (χ1) is 8.47. The van der Waals surface area contributed by atoms with Gasteiger partial charge in [-0.1, -0.05) is 38.0 Å². The molecule has 0 amide bonds. The number of benzene rings is 1. The number of aliphatic carboxylic acids is 1. The number of carboxylic acid groups (broad SMARTS) is 1. The van der Waals surface area contributed by atoms with Crippen LogP contribution in [-0.4, -0.2) is 20.4 Å². The third-order valence-electron chi connectivity index (χ3n) is 2.48. The van der Waals surface area contributed by atoms with Gasteiger partial charge in [-0.25, -0.2) is 13.1 Å². The fraction of sp³-hybridized carbons (Fsp3) is 0.417. The van der Waals surface area contributed by atoms with E-state index in [1.807, 2.05) is 6.92 Å². The van der Waals surface area contributed by atoms with Crippen LogP contribution in [0.5, 0.6) is 0 Å². The standard InChI is InChI=1S/C12H17NO4S/c1-2-3-9-11(12(14)15)13-18(16,17)10-7-5-4-6-8-10/h4-8,11,13H,2-3,9H2,1H3,(H,14,15)/p-1/t11-/m0/s1. The van der Waals surface area contributed by atoms with E-state index in [4.69, 9.17) is 0 Å². The molecule has 0 aliphatic carbocycles. The van der Waals surface area contributed by atoms with Crippen LogP contribution in [0.2, 0.25) is 0 Å². The maximum atomic E-state index is 11.9. The number of unbranched alkanes of at least 4 members (excludes halogenated alkanes) is 1. The van der Waals surface area contributed by atoms with Crippen molar-refractivity contribution in [3.63, 3.8) is 0 Å². The van der Waals surface area contributed by atoms with Gasteiger partial charge < -0.3 is 9.90 Å². The van der Waals surface area contributed by atoms with Gasteiger partial charge in [0.2, 0.25) is 10.0 Å². The van der Waals surface area contributed by atoms with Crippen LogP contribution in [0.15, 0.2) is 35.2 Å². The molecule has 0 aromatic heterocycles. The number of nitrogens with one attached hydrogen (secondary N) is 1. The molecule has 0 saturated carbocycles. The second kappa shape index (κ2) is 6.51. The van der Waals surface area contributed by atoms with Gasteiger partial charge in [-0.3, -0.25) is 0 Å². The van der Waals surface area contributed by atoms with Crippen molar-refractivity contribution in [2.45, 2.75) is 37.1 Å². The van der Waals surface area contributed by atoms with Crippen LogP contribution in [-0.2, 0) is 14.8 Å². The maximum absolute atomic E-state index is 11.9. The van der Waals surface area contributed by atoms with E-state index in [2.05, 4.69) is 4.72 Å². The van der Waals surface area contributed by atoms with Crippen LogP contribution >= 0.6 is 0 Å². The summed E-state index contributed by atoms with van der Waals surface area (Å²) in [6, 6.07) is 6.48. The molecule has 0 unspecified atom stereocenters. The number of rotatable bonds is 7. The highest BCUT2D eigenvalue weighted by molar-refractivity contribution is 7.89. The molecule has 1 atom stereocenters. The second-order valence-electron chi connectivity index (χ2n) is 3.95. The average Bonchev–Trinajstić information content (AvgIpc) is 2.35. The summed E-state index contributed by atoms with van der Waals surface area (Å²) in [6.07, 6.45) is 1.64. The monoisotopic (exact) mass is 270 g/mol. The quantitative estimate of drug-likeness (QED) is 0.770. The summed E-state index contributed by atoms with van der Waals surface area (Å²) < 4.78 is 26.0. The van der Waals surface area contributed by atoms with Crippen molar-refractivity contribution >= 4 is 16.0 Å². The lowest BCUT2D eigenvalue weighted by Gasteiger charge is -2.19. The van der Waals surface area contributed by atoms with E-state index in [1.165, 1.54) is 12.1 Å². The van der Waals surface area contributed by atoms with E-state index < -0.39 is 22.0 Å². The van der Waals surface area contributed by atoms with Gasteiger partial charge in [0.1, 0.15) is 0 Å². The molecule has 5 nitrogen and oxygen atoms in total. The molecule has 1 rings (SSSR count). The van der Waals surface area contributed by atoms with Crippen LogP contribution in [0.4, 0.5) is 0 Å². The summed E-state index contributed by atoms with van der Waals surface area (Å²) in [5, 5.41) is 10.9. The molecule has 0 fully saturated rings. The first-order valence-corrected chi connectivity index (χ1v) is 7.24. The molecule has 0 aliphatic rings. The normalized spacial score (nSPS) is 13.2. The third-order valence-corrected chi connectivity index (χ3v) is 3.97. The molecular formula is C12H16NO4S-. The lowest BCUT2D eigenvalue weighted by molar-refractivity contribution is -0.308. The van der Waals surface area contributed by atoms with Gasteiger partial charge in [-0.05, 0) is 18.6 Å². The van der Waals surface area contributed by atoms with Crippen molar-refractivity contribution in [3.05, 3.63) is 30.3 Å². The van der Waals surface area contributed by atoms with Crippen molar-refractivity contribution < 1.29 is 18.3 Å². The van der Waals surface area contributed by atoms with Gasteiger partial charge >= 0.3 is 0 Å².